The molecule has 6 heteroatoms. The number of anilines is 8. The lowest BCUT2D eigenvalue weighted by Crippen LogP contribution is -2.61. The molecule has 0 N–H and O–H groups in total. The van der Waals surface area contributed by atoms with E-state index in [9.17, 15) is 0 Å². The van der Waals surface area contributed by atoms with Crippen molar-refractivity contribution >= 4 is 122 Å². The van der Waals surface area contributed by atoms with Crippen LogP contribution in [0.15, 0.2) is 174 Å². The summed E-state index contributed by atoms with van der Waals surface area (Å²) in [5, 5.41) is 4.89. The molecule has 2 atom stereocenters. The van der Waals surface area contributed by atoms with E-state index in [4.69, 9.17) is 4.42 Å². The Balaban J connectivity index is 1.13. The van der Waals surface area contributed by atoms with E-state index in [0.717, 1.165) is 40.5 Å². The Kier molecular flexibility index (Phi) is 11.4. The predicted octanol–water partition coefficient (Wildman–Crippen LogP) is 20.6. The SMILES string of the molecule is CC(C)(C)c1ccc2c(c1)B1c3ccc4c(sc5ccc(C(C)(C)C)cc54)c3N(c3ccc(C(C)(C)C)cc3-c3ccccc3)c3cc(N4c5ccc(C(C)(C)C)cc5C5(C)CCCCC45C)cc(c31)N2c1cccc2c1oc1ccccc12. The van der Waals surface area contributed by atoms with Gasteiger partial charge in [-0.15, -0.1) is 11.3 Å². The first kappa shape index (κ1) is 53.2. The minimum atomic E-state index is -0.216. The van der Waals surface area contributed by atoms with Gasteiger partial charge < -0.3 is 19.1 Å². The Hall–Kier alpha value is -7.54. The maximum absolute atomic E-state index is 7.15. The number of hydrogen-bond acceptors (Lipinski definition) is 5. The van der Waals surface area contributed by atoms with Crippen molar-refractivity contribution in [1.29, 1.82) is 0 Å². The molecule has 84 heavy (non-hydrogen) atoms. The number of rotatable bonds is 4. The Morgan fingerprint density at radius 3 is 1.80 bits per heavy atom. The molecule has 4 nitrogen and oxygen atoms in total. The molecule has 2 aromatic heterocycles. The van der Waals surface area contributed by atoms with Gasteiger partial charge in [0.05, 0.1) is 27.3 Å². The van der Waals surface area contributed by atoms with E-state index in [-0.39, 0.29) is 39.3 Å². The van der Waals surface area contributed by atoms with Crippen LogP contribution in [0.3, 0.4) is 0 Å². The Morgan fingerprint density at radius 2 is 1.07 bits per heavy atom. The quantitative estimate of drug-likeness (QED) is 0.164. The smallest absolute Gasteiger partial charge is 0.252 e. The van der Waals surface area contributed by atoms with Crippen LogP contribution in [0.5, 0.6) is 0 Å². The fraction of sp³-hybridized carbons (Fsp3) is 0.308. The van der Waals surface area contributed by atoms with Gasteiger partial charge in [0.25, 0.3) is 6.71 Å². The summed E-state index contributed by atoms with van der Waals surface area (Å²) in [4.78, 5) is 8.20. The molecule has 0 bridgehead atoms. The maximum atomic E-state index is 7.15. The van der Waals surface area contributed by atoms with E-state index >= 15 is 0 Å². The molecule has 2 unspecified atom stereocenters. The molecule has 4 aliphatic rings. The van der Waals surface area contributed by atoms with Crippen LogP contribution in [0.25, 0.3) is 53.2 Å². The van der Waals surface area contributed by atoms with Crippen LogP contribution >= 0.6 is 11.3 Å². The average Bonchev–Trinajstić information content (AvgIpc) is 2.12. The second-order valence-electron chi connectivity index (χ2n) is 29.7. The van der Waals surface area contributed by atoms with Gasteiger partial charge in [0.2, 0.25) is 0 Å². The van der Waals surface area contributed by atoms with Crippen molar-refractivity contribution in [3.05, 3.63) is 198 Å². The van der Waals surface area contributed by atoms with E-state index in [1.54, 1.807) is 0 Å². The highest BCUT2D eigenvalue weighted by Crippen LogP contribution is 2.63. The molecule has 0 radical (unpaired) electrons. The van der Waals surface area contributed by atoms with Gasteiger partial charge in [-0.2, -0.15) is 0 Å². The van der Waals surface area contributed by atoms with Gasteiger partial charge in [-0.25, -0.2) is 0 Å². The van der Waals surface area contributed by atoms with Crippen molar-refractivity contribution in [2.45, 2.75) is 155 Å². The molecule has 420 valence electrons. The number of fused-ring (bicyclic) bond motifs is 14. The second kappa shape index (κ2) is 18.0. The molecule has 0 spiro atoms. The van der Waals surface area contributed by atoms with Gasteiger partial charge in [0.15, 0.2) is 5.58 Å². The molecule has 9 aromatic carbocycles. The summed E-state index contributed by atoms with van der Waals surface area (Å²) in [5.74, 6) is 0. The van der Waals surface area contributed by atoms with Gasteiger partial charge in [-0.1, -0.05) is 212 Å². The monoisotopic (exact) mass is 1120 g/mol. The van der Waals surface area contributed by atoms with Gasteiger partial charge in [0.1, 0.15) is 5.58 Å². The van der Waals surface area contributed by atoms with Crippen LogP contribution in [-0.4, -0.2) is 12.3 Å². The molecule has 15 rings (SSSR count). The topological polar surface area (TPSA) is 22.9 Å². The van der Waals surface area contributed by atoms with E-state index in [1.807, 2.05) is 11.3 Å². The van der Waals surface area contributed by atoms with Crippen LogP contribution in [0.4, 0.5) is 45.5 Å². The van der Waals surface area contributed by atoms with Gasteiger partial charge >= 0.3 is 0 Å². The normalized spacial score (nSPS) is 18.6. The average molecular weight is 1120 g/mol. The highest BCUT2D eigenvalue weighted by Gasteiger charge is 2.58. The van der Waals surface area contributed by atoms with Crippen LogP contribution in [-0.2, 0) is 27.1 Å². The van der Waals surface area contributed by atoms with Crippen LogP contribution in [0, 0.1) is 0 Å². The predicted molar refractivity (Wildman–Crippen MR) is 364 cm³/mol. The third-order valence-electron chi connectivity index (χ3n) is 20.4. The van der Waals surface area contributed by atoms with Crippen molar-refractivity contribution in [2.24, 2.45) is 0 Å². The largest absolute Gasteiger partial charge is 0.454 e. The van der Waals surface area contributed by atoms with Crippen molar-refractivity contribution in [3.8, 4) is 11.1 Å². The second-order valence-corrected chi connectivity index (χ2v) is 30.8. The lowest BCUT2D eigenvalue weighted by atomic mass is 9.33. The molecule has 1 saturated carbocycles. The number of para-hydroxylation sites is 2. The van der Waals surface area contributed by atoms with Crippen LogP contribution in [0.1, 0.15) is 150 Å². The first-order valence-electron chi connectivity index (χ1n) is 30.9. The Bertz CT molecular complexity index is 4550. The molecule has 0 amide bonds. The molecule has 11 aromatic rings. The summed E-state index contributed by atoms with van der Waals surface area (Å²) in [6.45, 7) is 33.4. The number of nitrogens with zero attached hydrogens (tertiary/aromatic N) is 3. The summed E-state index contributed by atoms with van der Waals surface area (Å²) in [5.41, 5.74) is 24.2. The number of thiophene rings is 1. The zero-order valence-electron chi connectivity index (χ0n) is 51.7. The summed E-state index contributed by atoms with van der Waals surface area (Å²) in [6.07, 6.45) is 4.65. The van der Waals surface area contributed by atoms with Gasteiger partial charge in [-0.3, -0.25) is 0 Å². The van der Waals surface area contributed by atoms with Crippen LogP contribution < -0.4 is 31.1 Å². The van der Waals surface area contributed by atoms with E-state index in [2.05, 4.69) is 281 Å². The third-order valence-corrected chi connectivity index (χ3v) is 21.6. The molecule has 5 heterocycles. The zero-order valence-corrected chi connectivity index (χ0v) is 52.5. The summed E-state index contributed by atoms with van der Waals surface area (Å²) >= 11 is 1.96. The first-order chi connectivity index (χ1) is 39.9. The minimum absolute atomic E-state index is 0.00345. The highest BCUT2D eigenvalue weighted by atomic mass is 32.1. The van der Waals surface area contributed by atoms with Crippen molar-refractivity contribution in [1.82, 2.24) is 0 Å². The Morgan fingerprint density at radius 1 is 0.464 bits per heavy atom. The zero-order chi connectivity index (χ0) is 58.4. The molecular formula is C78H78BN3OS. The summed E-state index contributed by atoms with van der Waals surface area (Å²) < 4.78 is 9.79. The van der Waals surface area contributed by atoms with Crippen molar-refractivity contribution in [2.75, 3.05) is 14.7 Å². The fourth-order valence-electron chi connectivity index (χ4n) is 15.4. The summed E-state index contributed by atoms with van der Waals surface area (Å²) in [7, 11) is 0. The van der Waals surface area contributed by atoms with Gasteiger partial charge in [0, 0.05) is 65.7 Å². The van der Waals surface area contributed by atoms with Crippen molar-refractivity contribution < 1.29 is 4.42 Å². The third kappa shape index (κ3) is 7.70. The molecule has 0 saturated heterocycles. The standard InChI is InChI=1S/C78H78BN3OS/c1-73(2,3)48-29-35-61(56(41-48)47-23-16-15-17-24-47)81-66-46-52(82-62-36-30-50(75(7,8)9)43-58(62)77(13)39-20-21-40-78(77,82)14)45-65-69(66)79(59-34-33-55-57-42-49(74(4,5)6)32-38-68(57)84-72(55)70(59)81)60-44-51(76(10,11)12)31-37-63(60)80(65)64-27-22-26-54-53-25-18-19-28-67(53)83-71(54)64/h15-19,22-38,41-46H,20-21,39-40H2,1-14H3. The number of furan rings is 1. The van der Waals surface area contributed by atoms with E-state index in [0.29, 0.717) is 0 Å². The lowest BCUT2D eigenvalue weighted by Gasteiger charge is -2.51. The van der Waals surface area contributed by atoms with E-state index in [1.165, 1.54) is 128 Å². The summed E-state index contributed by atoms with van der Waals surface area (Å²) in [6, 6.07) is 66.4. The van der Waals surface area contributed by atoms with E-state index < -0.39 is 0 Å². The van der Waals surface area contributed by atoms with Gasteiger partial charge in [-0.05, 0) is 152 Å². The number of hydrogen-bond donors (Lipinski definition) is 0. The molecule has 1 aliphatic carbocycles. The van der Waals surface area contributed by atoms with Crippen molar-refractivity contribution in [3.63, 3.8) is 0 Å². The highest BCUT2D eigenvalue weighted by molar-refractivity contribution is 7.26. The maximum Gasteiger partial charge on any atom is 0.252 e. The van der Waals surface area contributed by atoms with Crippen LogP contribution in [0.2, 0.25) is 0 Å². The molecule has 3 aliphatic heterocycles. The molecular weight excluding hydrogens is 1040 g/mol. The first-order valence-corrected chi connectivity index (χ1v) is 31.7. The fourth-order valence-corrected chi connectivity index (χ4v) is 16.7. The minimum Gasteiger partial charge on any atom is -0.454 e. The molecule has 1 fully saturated rings. The Labute approximate surface area is 502 Å². The lowest BCUT2D eigenvalue weighted by molar-refractivity contribution is 0.195. The number of benzene rings is 9.